The molecule has 0 saturated heterocycles. The minimum absolute atomic E-state index is 0.179. The maximum atomic E-state index is 11.8. The number of carboxylic acid groups (broad SMARTS) is 1. The number of hydrogen-bond acceptors (Lipinski definition) is 3. The van der Waals surface area contributed by atoms with Crippen LogP contribution in [0.3, 0.4) is 0 Å². The average molecular weight is 271 g/mol. The van der Waals surface area contributed by atoms with Gasteiger partial charge in [-0.25, -0.2) is 4.79 Å². The first kappa shape index (κ1) is 15.8. The normalized spacial score (nSPS) is 15.9. The van der Waals surface area contributed by atoms with Gasteiger partial charge in [-0.15, -0.1) is 0 Å². The fraction of sp³-hybridized carbons (Fsp3) is 0.846. The van der Waals surface area contributed by atoms with Gasteiger partial charge in [-0.3, -0.25) is 4.79 Å². The summed E-state index contributed by atoms with van der Waals surface area (Å²) in [7, 11) is 0. The van der Waals surface area contributed by atoms with Crippen molar-refractivity contribution >= 4 is 12.0 Å². The van der Waals surface area contributed by atoms with Crippen LogP contribution in [0.25, 0.3) is 0 Å². The van der Waals surface area contributed by atoms with E-state index in [4.69, 9.17) is 5.11 Å². The number of carbonyl (C=O) groups is 2. The quantitative estimate of drug-likeness (QED) is 0.544. The number of nitrogens with zero attached hydrogens (tertiary/aromatic N) is 1. The molecule has 1 unspecified atom stereocenters. The number of aliphatic carboxylic acids is 1. The van der Waals surface area contributed by atoms with Crippen LogP contribution < -0.4 is 10.6 Å². The summed E-state index contributed by atoms with van der Waals surface area (Å²) in [5.41, 5.74) is 0. The van der Waals surface area contributed by atoms with E-state index in [9.17, 15) is 9.59 Å². The summed E-state index contributed by atoms with van der Waals surface area (Å²) in [5, 5.41) is 15.0. The van der Waals surface area contributed by atoms with Crippen molar-refractivity contribution in [2.24, 2.45) is 5.92 Å². The van der Waals surface area contributed by atoms with E-state index in [1.54, 1.807) is 6.92 Å². The molecule has 1 aliphatic rings. The molecule has 0 aliphatic heterocycles. The summed E-state index contributed by atoms with van der Waals surface area (Å²) in [4.78, 5) is 24.2. The predicted molar refractivity (Wildman–Crippen MR) is 73.1 cm³/mol. The lowest BCUT2D eigenvalue weighted by Crippen LogP contribution is -2.43. The van der Waals surface area contributed by atoms with Crippen molar-refractivity contribution in [1.82, 2.24) is 15.5 Å². The number of urea groups is 1. The number of hydrogen-bond donors (Lipinski definition) is 3. The van der Waals surface area contributed by atoms with Crippen molar-refractivity contribution in [3.8, 4) is 0 Å². The van der Waals surface area contributed by atoms with Gasteiger partial charge in [0.1, 0.15) is 0 Å². The Hall–Kier alpha value is -1.30. The predicted octanol–water partition coefficient (Wildman–Crippen LogP) is 0.881. The second-order valence-corrected chi connectivity index (χ2v) is 5.09. The van der Waals surface area contributed by atoms with Crippen LogP contribution in [0.5, 0.6) is 0 Å². The largest absolute Gasteiger partial charge is 0.481 e. The van der Waals surface area contributed by atoms with Gasteiger partial charge in [0, 0.05) is 25.7 Å². The first-order valence-corrected chi connectivity index (χ1v) is 7.03. The summed E-state index contributed by atoms with van der Waals surface area (Å²) >= 11 is 0. The van der Waals surface area contributed by atoms with E-state index in [-0.39, 0.29) is 12.6 Å². The number of nitrogens with one attached hydrogen (secondary N) is 2. The fourth-order valence-electron chi connectivity index (χ4n) is 1.75. The van der Waals surface area contributed by atoms with Gasteiger partial charge in [0.15, 0.2) is 0 Å². The van der Waals surface area contributed by atoms with Crippen molar-refractivity contribution in [3.63, 3.8) is 0 Å². The molecule has 2 amide bonds. The van der Waals surface area contributed by atoms with Crippen molar-refractivity contribution in [1.29, 1.82) is 0 Å². The van der Waals surface area contributed by atoms with Crippen molar-refractivity contribution in [2.75, 3.05) is 26.2 Å². The molecular weight excluding hydrogens is 246 g/mol. The van der Waals surface area contributed by atoms with E-state index in [2.05, 4.69) is 10.6 Å². The van der Waals surface area contributed by atoms with Gasteiger partial charge in [-0.1, -0.05) is 6.92 Å². The lowest BCUT2D eigenvalue weighted by atomic mass is 10.2. The molecule has 3 N–H and O–H groups in total. The standard InChI is InChI=1S/C13H25N3O3/c1-3-16(9-10(2)12(17)18)13(19)15-8-4-7-14-11-5-6-11/h10-11,14H,3-9H2,1-2H3,(H,15,19)(H,17,18). The molecule has 0 aromatic carbocycles. The highest BCUT2D eigenvalue weighted by molar-refractivity contribution is 5.75. The molecule has 1 aliphatic carbocycles. The molecule has 0 aromatic heterocycles. The molecule has 110 valence electrons. The van der Waals surface area contributed by atoms with Gasteiger partial charge in [0.25, 0.3) is 0 Å². The summed E-state index contributed by atoms with van der Waals surface area (Å²) in [5.74, 6) is -1.41. The lowest BCUT2D eigenvalue weighted by Gasteiger charge is -2.23. The summed E-state index contributed by atoms with van der Waals surface area (Å²) in [6.07, 6.45) is 3.43. The van der Waals surface area contributed by atoms with Gasteiger partial charge in [-0.2, -0.15) is 0 Å². The highest BCUT2D eigenvalue weighted by atomic mass is 16.4. The molecular formula is C13H25N3O3. The monoisotopic (exact) mass is 271 g/mol. The van der Waals surface area contributed by atoms with Gasteiger partial charge in [0.05, 0.1) is 5.92 Å². The summed E-state index contributed by atoms with van der Waals surface area (Å²) in [6.45, 7) is 5.77. The number of carboxylic acids is 1. The number of amides is 2. The van der Waals surface area contributed by atoms with Gasteiger partial charge >= 0.3 is 12.0 Å². The van der Waals surface area contributed by atoms with E-state index in [0.717, 1.165) is 13.0 Å². The van der Waals surface area contributed by atoms with Crippen LogP contribution in [-0.4, -0.2) is 54.2 Å². The van der Waals surface area contributed by atoms with E-state index in [0.29, 0.717) is 19.1 Å². The molecule has 0 radical (unpaired) electrons. The van der Waals surface area contributed by atoms with Crippen LogP contribution in [0, 0.1) is 5.92 Å². The topological polar surface area (TPSA) is 81.7 Å². The highest BCUT2D eigenvalue weighted by Crippen LogP contribution is 2.18. The first-order valence-electron chi connectivity index (χ1n) is 7.03. The molecule has 1 rings (SSSR count). The smallest absolute Gasteiger partial charge is 0.317 e. The number of carbonyl (C=O) groups excluding carboxylic acids is 1. The Labute approximate surface area is 114 Å². The third kappa shape index (κ3) is 6.42. The van der Waals surface area contributed by atoms with Crippen LogP contribution in [0.4, 0.5) is 4.79 Å². The summed E-state index contributed by atoms with van der Waals surface area (Å²) < 4.78 is 0. The van der Waals surface area contributed by atoms with Crippen molar-refractivity contribution < 1.29 is 14.7 Å². The molecule has 0 spiro atoms. The first-order chi connectivity index (χ1) is 9.04. The maximum absolute atomic E-state index is 11.8. The van der Waals surface area contributed by atoms with Crippen LogP contribution in [0.1, 0.15) is 33.1 Å². The van der Waals surface area contributed by atoms with Crippen molar-refractivity contribution in [2.45, 2.75) is 39.2 Å². The van der Waals surface area contributed by atoms with Crippen LogP contribution >= 0.6 is 0 Å². The van der Waals surface area contributed by atoms with E-state index in [1.165, 1.54) is 17.7 Å². The van der Waals surface area contributed by atoms with E-state index in [1.807, 2.05) is 6.92 Å². The number of rotatable bonds is 9. The maximum Gasteiger partial charge on any atom is 0.317 e. The third-order valence-electron chi connectivity index (χ3n) is 3.22. The minimum atomic E-state index is -0.875. The highest BCUT2D eigenvalue weighted by Gasteiger charge is 2.20. The average Bonchev–Trinajstić information content (AvgIpc) is 3.18. The zero-order valence-corrected chi connectivity index (χ0v) is 11.8. The minimum Gasteiger partial charge on any atom is -0.481 e. The van der Waals surface area contributed by atoms with E-state index < -0.39 is 11.9 Å². The Bertz CT molecular complexity index is 306. The molecule has 1 atom stereocenters. The van der Waals surface area contributed by atoms with Crippen LogP contribution in [-0.2, 0) is 4.79 Å². The SMILES string of the molecule is CCN(CC(C)C(=O)O)C(=O)NCCCNC1CC1. The fourth-order valence-corrected chi connectivity index (χ4v) is 1.75. The Kier molecular flexibility index (Phi) is 6.62. The second kappa shape index (κ2) is 7.99. The molecule has 1 saturated carbocycles. The second-order valence-electron chi connectivity index (χ2n) is 5.09. The van der Waals surface area contributed by atoms with Crippen LogP contribution in [0.15, 0.2) is 0 Å². The molecule has 0 aromatic rings. The Morgan fingerprint density at radius 1 is 1.37 bits per heavy atom. The Morgan fingerprint density at radius 3 is 2.58 bits per heavy atom. The molecule has 6 heteroatoms. The van der Waals surface area contributed by atoms with Gasteiger partial charge < -0.3 is 20.6 Å². The van der Waals surface area contributed by atoms with Gasteiger partial charge in [0.2, 0.25) is 0 Å². The van der Waals surface area contributed by atoms with Crippen LogP contribution in [0.2, 0.25) is 0 Å². The van der Waals surface area contributed by atoms with Gasteiger partial charge in [-0.05, 0) is 32.7 Å². The molecule has 19 heavy (non-hydrogen) atoms. The molecule has 6 nitrogen and oxygen atoms in total. The zero-order valence-electron chi connectivity index (χ0n) is 11.8. The Morgan fingerprint density at radius 2 is 2.05 bits per heavy atom. The molecule has 1 fully saturated rings. The summed E-state index contributed by atoms with van der Waals surface area (Å²) in [6, 6.07) is 0.515. The third-order valence-corrected chi connectivity index (χ3v) is 3.22. The lowest BCUT2D eigenvalue weighted by molar-refractivity contribution is -0.141. The van der Waals surface area contributed by atoms with Crippen molar-refractivity contribution in [3.05, 3.63) is 0 Å². The molecule has 0 bridgehead atoms. The molecule has 0 heterocycles. The zero-order chi connectivity index (χ0) is 14.3. The van der Waals surface area contributed by atoms with E-state index >= 15 is 0 Å². The Balaban J connectivity index is 2.14.